The Labute approximate surface area is 537 Å². The maximum absolute atomic E-state index is 6.82. The molecule has 5 aliphatic rings. The van der Waals surface area contributed by atoms with Crippen molar-refractivity contribution in [3.05, 3.63) is 214 Å². The molecule has 0 bridgehead atoms. The molecular formula is C85H92BN3O. The minimum atomic E-state index is -0.351. The molecule has 1 aromatic heterocycles. The molecule has 0 saturated heterocycles. The summed E-state index contributed by atoms with van der Waals surface area (Å²) in [6, 6.07) is 64.2. The summed E-state index contributed by atoms with van der Waals surface area (Å²) in [7, 11) is 0.772. The molecule has 0 fully saturated rings. The van der Waals surface area contributed by atoms with Gasteiger partial charge in [-0.3, -0.25) is 0 Å². The van der Waals surface area contributed by atoms with Gasteiger partial charge in [0.25, 0.3) is 0 Å². The lowest BCUT2D eigenvalue weighted by Gasteiger charge is -2.45. The summed E-state index contributed by atoms with van der Waals surface area (Å²) in [5.41, 5.74) is 31.5. The van der Waals surface area contributed by atoms with Gasteiger partial charge in [0.2, 0.25) is 0 Å². The Bertz CT molecular complexity index is 4630. The second-order valence-corrected chi connectivity index (χ2v) is 33.4. The highest BCUT2D eigenvalue weighted by Crippen LogP contribution is 2.58. The largest absolute Gasteiger partial charge is 0.456 e. The normalized spacial score (nSPS) is 18.9. The van der Waals surface area contributed by atoms with E-state index < -0.39 is 0 Å². The molecule has 0 unspecified atom stereocenters. The van der Waals surface area contributed by atoms with E-state index in [9.17, 15) is 0 Å². The zero-order chi connectivity index (χ0) is 63.2. The fourth-order valence-corrected chi connectivity index (χ4v) is 17.2. The summed E-state index contributed by atoms with van der Waals surface area (Å²) < 4.78 is 6.82. The maximum atomic E-state index is 6.82. The lowest BCUT2D eigenvalue weighted by Crippen LogP contribution is -2.44. The predicted octanol–water partition coefficient (Wildman–Crippen LogP) is 22.3. The van der Waals surface area contributed by atoms with E-state index in [0.717, 1.165) is 89.8 Å². The monoisotopic (exact) mass is 1180 g/mol. The summed E-state index contributed by atoms with van der Waals surface area (Å²) in [4.78, 5) is 5.25. The standard InChI is InChI=1S/C85H92BN3O/c1-78(2,3)51-26-29-53(30-27-51)88(55-31-33-59-58-23-19-21-25-73(58)90-74(59)48-55)56-45-61(75-70(37-34-60-57-22-18-20-24-62(57)85(16,17)76(60)75)87-52-28-35-63-65(44-52)81(8,9)40-38-79(63,4)5)77-72(47-56)89(54-32-36-64-66(46-54)82(10,11)41-39-80(64,6)7)71-50-68-67(49-69(71)86-77)83(12,13)42-43-84(68,14)15/h18-37,44-50,86-87H,38-43H2,1-17H3. The van der Waals surface area contributed by atoms with Gasteiger partial charge in [-0.2, -0.15) is 0 Å². The third kappa shape index (κ3) is 9.11. The number of hydrogen-bond acceptors (Lipinski definition) is 4. The fourth-order valence-electron chi connectivity index (χ4n) is 17.2. The van der Waals surface area contributed by atoms with E-state index >= 15 is 0 Å². The number of para-hydroxylation sites is 1. The Hall–Kier alpha value is -7.76. The van der Waals surface area contributed by atoms with Crippen LogP contribution in [0, 0.1) is 0 Å². The Balaban J connectivity index is 1.08. The van der Waals surface area contributed by atoms with Crippen LogP contribution in [0.4, 0.5) is 45.5 Å². The van der Waals surface area contributed by atoms with Crippen LogP contribution in [0.25, 0.3) is 44.2 Å². The highest BCUT2D eigenvalue weighted by Gasteiger charge is 2.45. The van der Waals surface area contributed by atoms with Crippen LogP contribution in [0.2, 0.25) is 0 Å². The molecule has 1 N–H and O–H groups in total. The van der Waals surface area contributed by atoms with Crippen molar-refractivity contribution in [2.45, 2.75) is 200 Å². The van der Waals surface area contributed by atoms with Gasteiger partial charge < -0.3 is 19.5 Å². The molecule has 0 spiro atoms. The number of rotatable bonds is 7. The van der Waals surface area contributed by atoms with E-state index in [4.69, 9.17) is 4.42 Å². The molecule has 0 amide bonds. The van der Waals surface area contributed by atoms with Gasteiger partial charge in [0.05, 0.1) is 0 Å². The number of fused-ring (bicyclic) bond motifs is 11. The molecule has 9 aromatic carbocycles. The van der Waals surface area contributed by atoms with Crippen LogP contribution in [0.3, 0.4) is 0 Å². The van der Waals surface area contributed by atoms with Crippen LogP contribution in [0.1, 0.15) is 206 Å². The number of furan rings is 1. The van der Waals surface area contributed by atoms with Crippen molar-refractivity contribution in [3.8, 4) is 22.3 Å². The first-order chi connectivity index (χ1) is 42.4. The summed E-state index contributed by atoms with van der Waals surface area (Å²) in [5, 5.41) is 6.53. The molecule has 4 nitrogen and oxygen atoms in total. The number of hydrogen-bond donors (Lipinski definition) is 1. The molecule has 2 heterocycles. The van der Waals surface area contributed by atoms with Gasteiger partial charge >= 0.3 is 0 Å². The molecule has 90 heavy (non-hydrogen) atoms. The number of benzene rings is 9. The molecule has 10 aromatic rings. The van der Waals surface area contributed by atoms with Crippen LogP contribution < -0.4 is 26.0 Å². The van der Waals surface area contributed by atoms with E-state index in [0.29, 0.717) is 0 Å². The van der Waals surface area contributed by atoms with Crippen molar-refractivity contribution in [3.63, 3.8) is 0 Å². The Morgan fingerprint density at radius 2 is 1.00 bits per heavy atom. The number of anilines is 8. The Morgan fingerprint density at radius 1 is 0.433 bits per heavy atom. The second-order valence-electron chi connectivity index (χ2n) is 33.4. The van der Waals surface area contributed by atoms with Crippen molar-refractivity contribution in [2.75, 3.05) is 15.1 Å². The highest BCUT2D eigenvalue weighted by atomic mass is 16.3. The van der Waals surface area contributed by atoms with Crippen molar-refractivity contribution in [2.24, 2.45) is 0 Å². The summed E-state index contributed by atoms with van der Waals surface area (Å²) in [6.07, 6.45) is 6.93. The predicted molar refractivity (Wildman–Crippen MR) is 387 cm³/mol. The van der Waals surface area contributed by atoms with Gasteiger partial charge in [-0.05, 0) is 228 Å². The quantitative estimate of drug-likeness (QED) is 0.161. The third-order valence-electron chi connectivity index (χ3n) is 23.2. The zero-order valence-electron chi connectivity index (χ0n) is 56.8. The average molecular weight is 1180 g/mol. The molecule has 0 atom stereocenters. The van der Waals surface area contributed by atoms with Crippen LogP contribution >= 0.6 is 0 Å². The maximum Gasteiger partial charge on any atom is 0.198 e. The second kappa shape index (κ2) is 19.6. The lowest BCUT2D eigenvalue weighted by molar-refractivity contribution is 0.332. The van der Waals surface area contributed by atoms with E-state index in [1.165, 1.54) is 107 Å². The molecule has 0 saturated carbocycles. The minimum Gasteiger partial charge on any atom is -0.456 e. The van der Waals surface area contributed by atoms with E-state index in [1.54, 1.807) is 0 Å². The Morgan fingerprint density at radius 3 is 1.67 bits per heavy atom. The van der Waals surface area contributed by atoms with Crippen LogP contribution in [-0.2, 0) is 43.3 Å². The van der Waals surface area contributed by atoms with Crippen molar-refractivity contribution >= 4 is 85.6 Å². The summed E-state index contributed by atoms with van der Waals surface area (Å²) in [5.74, 6) is 0. The van der Waals surface area contributed by atoms with Gasteiger partial charge in [-0.15, -0.1) is 0 Å². The SMILES string of the molecule is CC(C)(C)c1ccc(N(c2cc(-c3c(Nc4ccc5c(c4)C(C)(C)CCC5(C)C)ccc4c3C(C)(C)c3ccccc3-4)c3c(c2)N(c2ccc4c(c2)C(C)(C)CCC4(C)C)c2cc4c(cc2B3)C(C)(C)CCC4(C)C)c2ccc3c(c2)oc2ccccc23)cc1. The third-order valence-corrected chi connectivity index (χ3v) is 23.2. The van der Waals surface area contributed by atoms with Gasteiger partial charge in [0, 0.05) is 73.3 Å². The van der Waals surface area contributed by atoms with E-state index in [2.05, 4.69) is 297 Å². The molecule has 456 valence electrons. The molecular weight excluding hydrogens is 1090 g/mol. The molecule has 15 rings (SSSR count). The summed E-state index contributed by atoms with van der Waals surface area (Å²) in [6.45, 7) is 41.5. The zero-order valence-corrected chi connectivity index (χ0v) is 56.8. The van der Waals surface area contributed by atoms with E-state index in [-0.39, 0.29) is 43.3 Å². The molecule has 1 aliphatic heterocycles. The van der Waals surface area contributed by atoms with Crippen LogP contribution in [0.5, 0.6) is 0 Å². The first-order valence-electron chi connectivity index (χ1n) is 33.7. The topological polar surface area (TPSA) is 31.6 Å². The fraction of sp³-hybridized carbons (Fsp3) is 0.365. The highest BCUT2D eigenvalue weighted by molar-refractivity contribution is 6.73. The molecule has 0 radical (unpaired) electrons. The smallest absolute Gasteiger partial charge is 0.198 e. The van der Waals surface area contributed by atoms with Gasteiger partial charge in [-0.1, -0.05) is 202 Å². The minimum absolute atomic E-state index is 0.000570. The van der Waals surface area contributed by atoms with Gasteiger partial charge in [0.1, 0.15) is 11.2 Å². The van der Waals surface area contributed by atoms with Gasteiger partial charge in [-0.25, -0.2) is 0 Å². The lowest BCUT2D eigenvalue weighted by atomic mass is 9.55. The van der Waals surface area contributed by atoms with Crippen molar-refractivity contribution in [1.82, 2.24) is 0 Å². The van der Waals surface area contributed by atoms with Gasteiger partial charge in [0.15, 0.2) is 7.28 Å². The van der Waals surface area contributed by atoms with Crippen LogP contribution in [-0.4, -0.2) is 7.28 Å². The average Bonchev–Trinajstić information content (AvgIpc) is 1.22. The van der Waals surface area contributed by atoms with E-state index in [1.807, 2.05) is 0 Å². The molecule has 4 aliphatic carbocycles. The Kier molecular flexibility index (Phi) is 12.8. The van der Waals surface area contributed by atoms with Crippen LogP contribution in [0.15, 0.2) is 168 Å². The first kappa shape index (κ1) is 58.6. The first-order valence-corrected chi connectivity index (χ1v) is 33.7. The summed E-state index contributed by atoms with van der Waals surface area (Å²) >= 11 is 0. The molecule has 5 heteroatoms. The number of nitrogens with one attached hydrogen (secondary N) is 1. The number of nitrogens with zero attached hydrogens (tertiary/aromatic N) is 2. The van der Waals surface area contributed by atoms with Crippen molar-refractivity contribution in [1.29, 1.82) is 0 Å². The van der Waals surface area contributed by atoms with Crippen molar-refractivity contribution < 1.29 is 4.42 Å².